The molecule has 0 radical (unpaired) electrons. The number of benzene rings is 2. The van der Waals surface area contributed by atoms with Crippen molar-refractivity contribution in [2.45, 2.75) is 33.6 Å². The topological polar surface area (TPSA) is 38.3 Å². The highest BCUT2D eigenvalue weighted by Crippen LogP contribution is 2.26. The fourth-order valence-corrected chi connectivity index (χ4v) is 3.15. The molecule has 2 aromatic rings. The number of ether oxygens (including phenoxy) is 1. The number of hydrogen-bond acceptors (Lipinski definition) is 2. The largest absolute Gasteiger partial charge is 0.494 e. The second kappa shape index (κ2) is 8.72. The molecule has 2 rings (SSSR count). The summed E-state index contributed by atoms with van der Waals surface area (Å²) >= 11 is 8.40. The monoisotopic (exact) mass is 457 g/mol. The van der Waals surface area contributed by atoms with Crippen molar-refractivity contribution >= 4 is 45.8 Å². The van der Waals surface area contributed by atoms with Gasteiger partial charge in [0.1, 0.15) is 5.75 Å². The Balaban J connectivity index is 1.79. The molecule has 0 heterocycles. The average Bonchev–Trinajstić information content (AvgIpc) is 2.52. The summed E-state index contributed by atoms with van der Waals surface area (Å²) in [6, 6.07) is 9.81. The van der Waals surface area contributed by atoms with Crippen molar-refractivity contribution < 1.29 is 9.53 Å². The van der Waals surface area contributed by atoms with Gasteiger partial charge in [-0.05, 0) is 96.8 Å². The highest BCUT2D eigenvalue weighted by molar-refractivity contribution is 14.1. The summed E-state index contributed by atoms with van der Waals surface area (Å²) in [7, 11) is 0. The normalized spacial score (nSPS) is 10.5. The molecule has 0 aliphatic heterocycles. The molecule has 0 bridgehead atoms. The summed E-state index contributed by atoms with van der Waals surface area (Å²) < 4.78 is 6.88. The fraction of sp³-hybridized carbons (Fsp3) is 0.316. The van der Waals surface area contributed by atoms with E-state index in [1.165, 1.54) is 0 Å². The van der Waals surface area contributed by atoms with Crippen LogP contribution in [0, 0.1) is 24.3 Å². The zero-order chi connectivity index (χ0) is 17.7. The summed E-state index contributed by atoms with van der Waals surface area (Å²) in [5, 5.41) is 3.72. The summed E-state index contributed by atoms with van der Waals surface area (Å²) in [5.41, 5.74) is 3.93. The Kier molecular flexibility index (Phi) is 6.92. The molecule has 128 valence electrons. The zero-order valence-corrected chi connectivity index (χ0v) is 17.0. The van der Waals surface area contributed by atoms with Gasteiger partial charge in [-0.2, -0.15) is 0 Å². The second-order valence-electron chi connectivity index (χ2n) is 5.83. The van der Waals surface area contributed by atoms with E-state index in [1.54, 1.807) is 0 Å². The summed E-state index contributed by atoms with van der Waals surface area (Å²) in [6.45, 7) is 6.41. The molecule has 0 aliphatic carbocycles. The molecule has 2 aromatic carbocycles. The summed E-state index contributed by atoms with van der Waals surface area (Å²) in [4.78, 5) is 12.0. The predicted octanol–water partition coefficient (Wildman–Crippen LogP) is 5.67. The van der Waals surface area contributed by atoms with E-state index in [4.69, 9.17) is 16.3 Å². The van der Waals surface area contributed by atoms with E-state index < -0.39 is 0 Å². The maximum atomic E-state index is 12.0. The minimum Gasteiger partial charge on any atom is -0.494 e. The lowest BCUT2D eigenvalue weighted by molar-refractivity contribution is -0.116. The number of carbonyl (C=O) groups is 1. The Bertz CT molecular complexity index is 723. The molecule has 0 saturated carbocycles. The molecule has 5 heteroatoms. The minimum atomic E-state index is 0.00590. The standard InChI is InChI=1S/C19H21ClINO2/c1-12-9-15(21)6-7-17(12)22-18(23)5-4-8-24-16-10-13(2)19(20)14(3)11-16/h6-7,9-11H,4-5,8H2,1-3H3,(H,22,23). The molecule has 0 aromatic heterocycles. The lowest BCUT2D eigenvalue weighted by atomic mass is 10.1. The van der Waals surface area contributed by atoms with Crippen LogP contribution >= 0.6 is 34.2 Å². The van der Waals surface area contributed by atoms with Crippen molar-refractivity contribution in [2.75, 3.05) is 11.9 Å². The summed E-state index contributed by atoms with van der Waals surface area (Å²) in [6.07, 6.45) is 1.09. The number of nitrogens with one attached hydrogen (secondary N) is 1. The van der Waals surface area contributed by atoms with Crippen LogP contribution in [0.1, 0.15) is 29.5 Å². The molecular formula is C19H21ClINO2. The molecule has 0 saturated heterocycles. The lowest BCUT2D eigenvalue weighted by Crippen LogP contribution is -2.13. The number of hydrogen-bond donors (Lipinski definition) is 1. The first kappa shape index (κ1) is 19.1. The first-order valence-corrected chi connectivity index (χ1v) is 9.28. The molecule has 0 atom stereocenters. The van der Waals surface area contributed by atoms with Crippen LogP contribution in [-0.4, -0.2) is 12.5 Å². The van der Waals surface area contributed by atoms with Crippen molar-refractivity contribution in [1.82, 2.24) is 0 Å². The van der Waals surface area contributed by atoms with Gasteiger partial charge in [0.2, 0.25) is 5.91 Å². The van der Waals surface area contributed by atoms with Crippen LogP contribution in [0.5, 0.6) is 5.75 Å². The second-order valence-corrected chi connectivity index (χ2v) is 7.45. The third-order valence-electron chi connectivity index (χ3n) is 3.69. The first-order valence-electron chi connectivity index (χ1n) is 7.82. The number of anilines is 1. The maximum Gasteiger partial charge on any atom is 0.224 e. The third-order valence-corrected chi connectivity index (χ3v) is 4.96. The number of carbonyl (C=O) groups excluding carboxylic acids is 1. The predicted molar refractivity (Wildman–Crippen MR) is 108 cm³/mol. The number of amides is 1. The van der Waals surface area contributed by atoms with E-state index in [2.05, 4.69) is 27.9 Å². The molecule has 24 heavy (non-hydrogen) atoms. The fourth-order valence-electron chi connectivity index (χ4n) is 2.39. The van der Waals surface area contributed by atoms with Crippen LogP contribution in [0.15, 0.2) is 30.3 Å². The molecule has 1 amide bonds. The van der Waals surface area contributed by atoms with Crippen molar-refractivity contribution in [2.24, 2.45) is 0 Å². The average molecular weight is 458 g/mol. The van der Waals surface area contributed by atoms with E-state index in [1.807, 2.05) is 51.1 Å². The van der Waals surface area contributed by atoms with E-state index in [0.717, 1.165) is 36.7 Å². The Morgan fingerprint density at radius 2 is 1.79 bits per heavy atom. The van der Waals surface area contributed by atoms with E-state index in [9.17, 15) is 4.79 Å². The van der Waals surface area contributed by atoms with E-state index in [-0.39, 0.29) is 5.91 Å². The van der Waals surface area contributed by atoms with Crippen molar-refractivity contribution in [3.63, 3.8) is 0 Å². The van der Waals surface area contributed by atoms with Gasteiger partial charge in [0, 0.05) is 20.7 Å². The lowest BCUT2D eigenvalue weighted by Gasteiger charge is -2.11. The van der Waals surface area contributed by atoms with Crippen LogP contribution in [0.2, 0.25) is 5.02 Å². The van der Waals surface area contributed by atoms with Gasteiger partial charge in [-0.15, -0.1) is 0 Å². The molecule has 3 nitrogen and oxygen atoms in total. The maximum absolute atomic E-state index is 12.0. The van der Waals surface area contributed by atoms with Gasteiger partial charge in [-0.1, -0.05) is 11.6 Å². The van der Waals surface area contributed by atoms with Crippen LogP contribution in [0.3, 0.4) is 0 Å². The number of rotatable bonds is 6. The van der Waals surface area contributed by atoms with E-state index >= 15 is 0 Å². The molecule has 0 fully saturated rings. The number of halogens is 2. The van der Waals surface area contributed by atoms with Gasteiger partial charge in [0.05, 0.1) is 6.61 Å². The molecule has 0 spiro atoms. The van der Waals surface area contributed by atoms with Crippen LogP contribution in [0.4, 0.5) is 5.69 Å². The van der Waals surface area contributed by atoms with Gasteiger partial charge >= 0.3 is 0 Å². The molecule has 0 aliphatic rings. The van der Waals surface area contributed by atoms with E-state index in [0.29, 0.717) is 19.4 Å². The van der Waals surface area contributed by atoms with Gasteiger partial charge in [-0.25, -0.2) is 0 Å². The summed E-state index contributed by atoms with van der Waals surface area (Å²) in [5.74, 6) is 0.801. The Morgan fingerprint density at radius 1 is 1.12 bits per heavy atom. The first-order chi connectivity index (χ1) is 11.4. The zero-order valence-electron chi connectivity index (χ0n) is 14.1. The quantitative estimate of drug-likeness (QED) is 0.448. The highest BCUT2D eigenvalue weighted by atomic mass is 127. The Labute approximate surface area is 161 Å². The number of aryl methyl sites for hydroxylation is 3. The third kappa shape index (κ3) is 5.38. The smallest absolute Gasteiger partial charge is 0.224 e. The van der Waals surface area contributed by atoms with Gasteiger partial charge in [-0.3, -0.25) is 4.79 Å². The Morgan fingerprint density at radius 3 is 2.42 bits per heavy atom. The van der Waals surface area contributed by atoms with Crippen molar-refractivity contribution in [3.8, 4) is 5.75 Å². The molecular weight excluding hydrogens is 437 g/mol. The van der Waals surface area contributed by atoms with Gasteiger partial charge < -0.3 is 10.1 Å². The van der Waals surface area contributed by atoms with Gasteiger partial charge in [0.15, 0.2) is 0 Å². The van der Waals surface area contributed by atoms with Crippen molar-refractivity contribution in [1.29, 1.82) is 0 Å². The molecule has 0 unspecified atom stereocenters. The van der Waals surface area contributed by atoms with Crippen LogP contribution < -0.4 is 10.1 Å². The molecule has 1 N–H and O–H groups in total. The van der Waals surface area contributed by atoms with Crippen LogP contribution in [0.25, 0.3) is 0 Å². The Hall–Kier alpha value is -1.27. The van der Waals surface area contributed by atoms with Crippen molar-refractivity contribution in [3.05, 3.63) is 55.6 Å². The highest BCUT2D eigenvalue weighted by Gasteiger charge is 2.07. The SMILES string of the molecule is Cc1cc(I)ccc1NC(=O)CCCOc1cc(C)c(Cl)c(C)c1. The van der Waals surface area contributed by atoms with Crippen LogP contribution in [-0.2, 0) is 4.79 Å². The minimum absolute atomic E-state index is 0.00590. The van der Waals surface area contributed by atoms with Gasteiger partial charge in [0.25, 0.3) is 0 Å².